The lowest BCUT2D eigenvalue weighted by molar-refractivity contribution is -0.0453. The lowest BCUT2D eigenvalue weighted by Gasteiger charge is -1.94. The zero-order chi connectivity index (χ0) is 9.82. The first-order chi connectivity index (χ1) is 5.68. The van der Waals surface area contributed by atoms with Crippen LogP contribution in [0.2, 0.25) is 0 Å². The second kappa shape index (κ2) is 13.1. The molecule has 2 N–H and O–H groups in total. The summed E-state index contributed by atoms with van der Waals surface area (Å²) in [5.74, 6) is 0. The molecule has 0 heterocycles. The van der Waals surface area contributed by atoms with Gasteiger partial charge in [0.2, 0.25) is 0 Å². The van der Waals surface area contributed by atoms with Crippen molar-refractivity contribution < 1.29 is 14.9 Å². The van der Waals surface area contributed by atoms with Crippen molar-refractivity contribution in [1.29, 1.82) is 0 Å². The Morgan fingerprint density at radius 3 is 2.00 bits per heavy atom. The van der Waals surface area contributed by atoms with Crippen molar-refractivity contribution in [3.8, 4) is 0 Å². The summed E-state index contributed by atoms with van der Waals surface area (Å²) < 4.78 is 4.75. The van der Waals surface area contributed by atoms with Gasteiger partial charge in [0, 0.05) is 0 Å². The maximum Gasteiger partial charge on any atom is 0.151 e. The Bertz CT molecular complexity index is 81.8. The molecular formula is C9H20O3. The molecule has 0 unspecified atom stereocenters. The predicted octanol–water partition coefficient (Wildman–Crippen LogP) is 1.65. The minimum absolute atomic E-state index is 0.486. The fourth-order valence-electron chi connectivity index (χ4n) is 0.459. The van der Waals surface area contributed by atoms with Crippen LogP contribution in [0.15, 0.2) is 12.8 Å². The largest absolute Gasteiger partial charge is 0.502 e. The van der Waals surface area contributed by atoms with Gasteiger partial charge >= 0.3 is 0 Å². The van der Waals surface area contributed by atoms with Crippen molar-refractivity contribution in [2.45, 2.75) is 39.4 Å². The van der Waals surface area contributed by atoms with Gasteiger partial charge in [-0.3, -0.25) is 0 Å². The Morgan fingerprint density at radius 1 is 1.33 bits per heavy atom. The molecule has 74 valence electrons. The summed E-state index contributed by atoms with van der Waals surface area (Å²) in [5, 5.41) is 16.2. The molecule has 0 bridgehead atoms. The zero-order valence-corrected chi connectivity index (χ0v) is 7.99. The second-order valence-corrected chi connectivity index (χ2v) is 2.31. The average molecular weight is 176 g/mol. The fraction of sp³-hybridized carbons (Fsp3) is 0.778. The van der Waals surface area contributed by atoms with Gasteiger partial charge in [-0.25, -0.2) is 0 Å². The molecule has 3 heteroatoms. The van der Waals surface area contributed by atoms with Gasteiger partial charge < -0.3 is 14.9 Å². The highest BCUT2D eigenvalue weighted by Gasteiger charge is 1.89. The lowest BCUT2D eigenvalue weighted by atomic mass is 10.3. The third-order valence-corrected chi connectivity index (χ3v) is 0.987. The summed E-state index contributed by atoms with van der Waals surface area (Å²) in [6.07, 6.45) is 2.74. The van der Waals surface area contributed by atoms with E-state index in [-0.39, 0.29) is 0 Å². The first-order valence-electron chi connectivity index (χ1n) is 4.27. The third kappa shape index (κ3) is 22.7. The van der Waals surface area contributed by atoms with Crippen LogP contribution in [-0.2, 0) is 4.74 Å². The monoisotopic (exact) mass is 176 g/mol. The van der Waals surface area contributed by atoms with E-state index in [2.05, 4.69) is 13.5 Å². The highest BCUT2D eigenvalue weighted by molar-refractivity contribution is 4.46. The van der Waals surface area contributed by atoms with Crippen LogP contribution in [0.25, 0.3) is 0 Å². The number of rotatable bonds is 5. The SMILES string of the molecule is C=COCCC.CCCC(O)O. The van der Waals surface area contributed by atoms with Gasteiger partial charge in [0.15, 0.2) is 6.29 Å². The van der Waals surface area contributed by atoms with E-state index >= 15 is 0 Å². The van der Waals surface area contributed by atoms with Gasteiger partial charge in [0.1, 0.15) is 0 Å². The molecule has 0 atom stereocenters. The van der Waals surface area contributed by atoms with Crippen molar-refractivity contribution in [3.05, 3.63) is 12.8 Å². The summed E-state index contributed by atoms with van der Waals surface area (Å²) in [5.41, 5.74) is 0. The second-order valence-electron chi connectivity index (χ2n) is 2.31. The number of hydrogen-bond acceptors (Lipinski definition) is 3. The van der Waals surface area contributed by atoms with Crippen LogP contribution < -0.4 is 0 Å². The topological polar surface area (TPSA) is 49.7 Å². The molecule has 0 saturated carbocycles. The highest BCUT2D eigenvalue weighted by Crippen LogP contribution is 1.88. The summed E-state index contributed by atoms with van der Waals surface area (Å²) in [6, 6.07) is 0. The van der Waals surface area contributed by atoms with Gasteiger partial charge in [-0.05, 0) is 12.8 Å². The van der Waals surface area contributed by atoms with Gasteiger partial charge in [0.25, 0.3) is 0 Å². The van der Waals surface area contributed by atoms with E-state index in [1.54, 1.807) is 0 Å². The van der Waals surface area contributed by atoms with Gasteiger partial charge in [0.05, 0.1) is 12.9 Å². The maximum atomic E-state index is 8.11. The van der Waals surface area contributed by atoms with Crippen LogP contribution in [0.3, 0.4) is 0 Å². The summed E-state index contributed by atoms with van der Waals surface area (Å²) in [6.45, 7) is 8.13. The van der Waals surface area contributed by atoms with E-state index in [4.69, 9.17) is 14.9 Å². The molecule has 0 amide bonds. The molecule has 12 heavy (non-hydrogen) atoms. The van der Waals surface area contributed by atoms with Crippen molar-refractivity contribution in [1.82, 2.24) is 0 Å². The standard InChI is InChI=1S/C5H10O.C4H10O2/c1-3-5-6-4-2;1-2-3-4(5)6/h4H,2-3,5H2,1H3;4-6H,2-3H2,1H3. The summed E-state index contributed by atoms with van der Waals surface area (Å²) >= 11 is 0. The molecule has 0 radical (unpaired) electrons. The highest BCUT2D eigenvalue weighted by atomic mass is 16.5. The maximum absolute atomic E-state index is 8.11. The number of aliphatic hydroxyl groups is 2. The Labute approximate surface area is 74.7 Å². The molecule has 0 aliphatic rings. The smallest absolute Gasteiger partial charge is 0.151 e. The molecule has 0 aromatic carbocycles. The quantitative estimate of drug-likeness (QED) is 0.380. The molecule has 0 aliphatic heterocycles. The molecule has 0 aromatic heterocycles. The van der Waals surface area contributed by atoms with Crippen molar-refractivity contribution >= 4 is 0 Å². The van der Waals surface area contributed by atoms with Crippen molar-refractivity contribution in [3.63, 3.8) is 0 Å². The van der Waals surface area contributed by atoms with Crippen molar-refractivity contribution in [2.24, 2.45) is 0 Å². The Hall–Kier alpha value is -0.540. The third-order valence-electron chi connectivity index (χ3n) is 0.987. The van der Waals surface area contributed by atoms with Gasteiger partial charge in [-0.1, -0.05) is 26.8 Å². The average Bonchev–Trinajstić information content (AvgIpc) is 2.02. The zero-order valence-electron chi connectivity index (χ0n) is 7.99. The van der Waals surface area contributed by atoms with Crippen LogP contribution in [0.1, 0.15) is 33.1 Å². The molecule has 0 spiro atoms. The molecule has 0 saturated heterocycles. The Morgan fingerprint density at radius 2 is 1.92 bits per heavy atom. The van der Waals surface area contributed by atoms with E-state index in [0.29, 0.717) is 6.42 Å². The number of ether oxygens (including phenoxy) is 1. The molecule has 0 aliphatic carbocycles. The normalized spacial score (nSPS) is 8.75. The van der Waals surface area contributed by atoms with E-state index in [1.165, 1.54) is 6.26 Å². The molecule has 0 rings (SSSR count). The Kier molecular flexibility index (Phi) is 15.3. The van der Waals surface area contributed by atoms with Crippen LogP contribution in [0.4, 0.5) is 0 Å². The molecule has 3 nitrogen and oxygen atoms in total. The van der Waals surface area contributed by atoms with E-state index in [1.807, 2.05) is 6.92 Å². The molecular weight excluding hydrogens is 156 g/mol. The molecule has 0 aromatic rings. The van der Waals surface area contributed by atoms with Gasteiger partial charge in [-0.15, -0.1) is 0 Å². The lowest BCUT2D eigenvalue weighted by Crippen LogP contribution is -2.01. The van der Waals surface area contributed by atoms with Gasteiger partial charge in [-0.2, -0.15) is 0 Å². The van der Waals surface area contributed by atoms with Crippen LogP contribution in [0, 0.1) is 0 Å². The predicted molar refractivity (Wildman–Crippen MR) is 49.6 cm³/mol. The van der Waals surface area contributed by atoms with Crippen LogP contribution in [0.5, 0.6) is 0 Å². The minimum Gasteiger partial charge on any atom is -0.502 e. The van der Waals surface area contributed by atoms with Crippen LogP contribution >= 0.6 is 0 Å². The number of aliphatic hydroxyl groups excluding tert-OH is 1. The van der Waals surface area contributed by atoms with Crippen molar-refractivity contribution in [2.75, 3.05) is 6.61 Å². The minimum atomic E-state index is -1.10. The fourth-order valence-corrected chi connectivity index (χ4v) is 0.459. The Balaban J connectivity index is 0. The first kappa shape index (κ1) is 14.0. The first-order valence-corrected chi connectivity index (χ1v) is 4.27. The van der Waals surface area contributed by atoms with E-state index in [0.717, 1.165) is 19.4 Å². The molecule has 0 fully saturated rings. The van der Waals surface area contributed by atoms with E-state index in [9.17, 15) is 0 Å². The van der Waals surface area contributed by atoms with E-state index < -0.39 is 6.29 Å². The number of hydrogen-bond donors (Lipinski definition) is 2. The summed E-state index contributed by atoms with van der Waals surface area (Å²) in [4.78, 5) is 0. The van der Waals surface area contributed by atoms with Crippen LogP contribution in [-0.4, -0.2) is 23.1 Å². The summed E-state index contributed by atoms with van der Waals surface area (Å²) in [7, 11) is 0.